The SMILES string of the molecule is CCCCOC1CC(NC(=NC)NCCCc2nnc3n2CCCCC3)C1(C)C.I. The van der Waals surface area contributed by atoms with E-state index in [0.717, 1.165) is 63.6 Å². The molecular weight excluding hydrogens is 491 g/mol. The number of ether oxygens (including phenoxy) is 1. The van der Waals surface area contributed by atoms with Crippen molar-refractivity contribution in [1.29, 1.82) is 0 Å². The van der Waals surface area contributed by atoms with E-state index in [-0.39, 0.29) is 29.4 Å². The minimum atomic E-state index is 0. The van der Waals surface area contributed by atoms with Crippen LogP contribution in [0.3, 0.4) is 0 Å². The molecule has 2 unspecified atom stereocenters. The summed E-state index contributed by atoms with van der Waals surface area (Å²) in [6, 6.07) is 0.396. The van der Waals surface area contributed by atoms with E-state index >= 15 is 0 Å². The van der Waals surface area contributed by atoms with E-state index in [9.17, 15) is 0 Å². The average Bonchev–Trinajstić information content (AvgIpc) is 2.94. The van der Waals surface area contributed by atoms with Crippen molar-refractivity contribution in [2.24, 2.45) is 10.4 Å². The number of halogens is 1. The third-order valence-electron chi connectivity index (χ3n) is 6.58. The highest BCUT2D eigenvalue weighted by Crippen LogP contribution is 2.42. The van der Waals surface area contributed by atoms with Crippen LogP contribution in [0.25, 0.3) is 0 Å². The molecule has 1 aromatic heterocycles. The van der Waals surface area contributed by atoms with Gasteiger partial charge in [-0.25, -0.2) is 0 Å². The number of nitrogens with one attached hydrogen (secondary N) is 2. The molecule has 2 atom stereocenters. The van der Waals surface area contributed by atoms with Crippen molar-refractivity contribution in [3.8, 4) is 0 Å². The zero-order valence-electron chi connectivity index (χ0n) is 19.2. The Morgan fingerprint density at radius 3 is 2.80 bits per heavy atom. The van der Waals surface area contributed by atoms with Gasteiger partial charge in [0, 0.05) is 51.0 Å². The molecule has 1 aliphatic heterocycles. The van der Waals surface area contributed by atoms with Crippen molar-refractivity contribution in [3.63, 3.8) is 0 Å². The van der Waals surface area contributed by atoms with Gasteiger partial charge < -0.3 is 19.9 Å². The predicted octanol–water partition coefficient (Wildman–Crippen LogP) is 3.70. The minimum absolute atomic E-state index is 0. The Morgan fingerprint density at radius 1 is 1.23 bits per heavy atom. The summed E-state index contributed by atoms with van der Waals surface area (Å²) in [5.74, 6) is 3.19. The summed E-state index contributed by atoms with van der Waals surface area (Å²) in [6.45, 7) is 9.60. The van der Waals surface area contributed by atoms with Crippen LogP contribution < -0.4 is 10.6 Å². The van der Waals surface area contributed by atoms with Crippen LogP contribution in [0.2, 0.25) is 0 Å². The van der Waals surface area contributed by atoms with Gasteiger partial charge in [0.05, 0.1) is 6.10 Å². The first-order chi connectivity index (χ1) is 14.1. The number of hydrogen-bond acceptors (Lipinski definition) is 4. The van der Waals surface area contributed by atoms with Gasteiger partial charge in [-0.15, -0.1) is 34.2 Å². The van der Waals surface area contributed by atoms with Gasteiger partial charge in [-0.3, -0.25) is 4.99 Å². The van der Waals surface area contributed by atoms with Crippen molar-refractivity contribution in [3.05, 3.63) is 11.6 Å². The minimum Gasteiger partial charge on any atom is -0.378 e. The van der Waals surface area contributed by atoms with Crippen LogP contribution in [0.4, 0.5) is 0 Å². The van der Waals surface area contributed by atoms with Crippen LogP contribution in [0.15, 0.2) is 4.99 Å². The quantitative estimate of drug-likeness (QED) is 0.220. The van der Waals surface area contributed by atoms with E-state index in [1.807, 2.05) is 7.05 Å². The smallest absolute Gasteiger partial charge is 0.191 e. The van der Waals surface area contributed by atoms with Crippen LogP contribution >= 0.6 is 24.0 Å². The van der Waals surface area contributed by atoms with Gasteiger partial charge in [0.1, 0.15) is 11.6 Å². The molecule has 3 rings (SSSR count). The van der Waals surface area contributed by atoms with E-state index in [4.69, 9.17) is 4.74 Å². The lowest BCUT2D eigenvalue weighted by molar-refractivity contribution is -0.113. The second kappa shape index (κ2) is 12.2. The summed E-state index contributed by atoms with van der Waals surface area (Å²) in [7, 11) is 1.84. The fourth-order valence-electron chi connectivity index (χ4n) is 4.33. The highest BCUT2D eigenvalue weighted by Gasteiger charge is 2.49. The van der Waals surface area contributed by atoms with Gasteiger partial charge in [-0.05, 0) is 32.1 Å². The predicted molar refractivity (Wildman–Crippen MR) is 133 cm³/mol. The maximum absolute atomic E-state index is 6.06. The molecule has 0 bridgehead atoms. The monoisotopic (exact) mass is 532 g/mol. The second-order valence-electron chi connectivity index (χ2n) is 9.06. The van der Waals surface area contributed by atoms with Crippen molar-refractivity contribution < 1.29 is 4.74 Å². The van der Waals surface area contributed by atoms with Gasteiger partial charge in [0.15, 0.2) is 5.96 Å². The lowest BCUT2D eigenvalue weighted by atomic mass is 9.64. The largest absolute Gasteiger partial charge is 0.378 e. The molecule has 0 spiro atoms. The van der Waals surface area contributed by atoms with Gasteiger partial charge in [-0.2, -0.15) is 0 Å². The molecule has 0 amide bonds. The normalized spacial score (nSPS) is 23.0. The Kier molecular flexibility index (Phi) is 10.3. The lowest BCUT2D eigenvalue weighted by Crippen LogP contribution is -2.63. The molecule has 172 valence electrons. The molecule has 0 radical (unpaired) electrons. The van der Waals surface area contributed by atoms with E-state index in [1.54, 1.807) is 0 Å². The van der Waals surface area contributed by atoms with Crippen LogP contribution in [-0.2, 0) is 24.1 Å². The maximum atomic E-state index is 6.06. The molecule has 8 heteroatoms. The molecule has 0 saturated heterocycles. The van der Waals surface area contributed by atoms with E-state index in [2.05, 4.69) is 51.2 Å². The fourth-order valence-corrected chi connectivity index (χ4v) is 4.33. The summed E-state index contributed by atoms with van der Waals surface area (Å²) < 4.78 is 8.40. The Bertz CT molecular complexity index is 675. The number of hydrogen-bond donors (Lipinski definition) is 2. The van der Waals surface area contributed by atoms with Crippen molar-refractivity contribution in [2.45, 2.75) is 97.2 Å². The number of aryl methyl sites for hydroxylation is 2. The Morgan fingerprint density at radius 2 is 2.07 bits per heavy atom. The molecule has 1 aliphatic carbocycles. The summed E-state index contributed by atoms with van der Waals surface area (Å²) in [6.07, 6.45) is 10.5. The lowest BCUT2D eigenvalue weighted by Gasteiger charge is -2.52. The average molecular weight is 533 g/mol. The standard InChI is InChI=1S/C22H40N6O.HI/c1-5-6-15-29-18-16-17(22(18,2)3)25-21(23-4)24-13-10-12-20-27-26-19-11-8-7-9-14-28(19)20;/h17-18H,5-16H2,1-4H3,(H2,23,24,25);1H. The van der Waals surface area contributed by atoms with Crippen LogP contribution in [0.1, 0.15) is 77.4 Å². The molecule has 1 aromatic rings. The van der Waals surface area contributed by atoms with Gasteiger partial charge in [-0.1, -0.05) is 33.6 Å². The van der Waals surface area contributed by atoms with Crippen LogP contribution in [0, 0.1) is 5.41 Å². The number of aliphatic imine (C=N–C) groups is 1. The molecule has 2 heterocycles. The number of rotatable bonds is 9. The van der Waals surface area contributed by atoms with Crippen LogP contribution in [0.5, 0.6) is 0 Å². The molecule has 7 nitrogen and oxygen atoms in total. The zero-order chi connectivity index (χ0) is 20.7. The molecule has 1 fully saturated rings. The number of fused-ring (bicyclic) bond motifs is 1. The first kappa shape index (κ1) is 25.4. The third-order valence-corrected chi connectivity index (χ3v) is 6.58. The molecule has 0 aromatic carbocycles. The summed E-state index contributed by atoms with van der Waals surface area (Å²) in [4.78, 5) is 4.41. The fraction of sp³-hybridized carbons (Fsp3) is 0.864. The second-order valence-corrected chi connectivity index (χ2v) is 9.06. The summed E-state index contributed by atoms with van der Waals surface area (Å²) in [5, 5.41) is 15.9. The Hall–Kier alpha value is -0.900. The van der Waals surface area contributed by atoms with Crippen LogP contribution in [-0.4, -0.2) is 53.1 Å². The summed E-state index contributed by atoms with van der Waals surface area (Å²) >= 11 is 0. The first-order valence-electron chi connectivity index (χ1n) is 11.6. The maximum Gasteiger partial charge on any atom is 0.191 e. The molecule has 1 saturated carbocycles. The Balaban J connectivity index is 0.00000320. The van der Waals surface area contributed by atoms with Crippen molar-refractivity contribution in [2.75, 3.05) is 20.2 Å². The number of aromatic nitrogens is 3. The highest BCUT2D eigenvalue weighted by molar-refractivity contribution is 14.0. The molecular formula is C22H41IN6O. The van der Waals surface area contributed by atoms with Crippen molar-refractivity contribution in [1.82, 2.24) is 25.4 Å². The van der Waals surface area contributed by atoms with E-state index in [1.165, 1.54) is 31.5 Å². The number of unbranched alkanes of at least 4 members (excludes halogenated alkanes) is 1. The number of guanidine groups is 1. The highest BCUT2D eigenvalue weighted by atomic mass is 127. The van der Waals surface area contributed by atoms with Gasteiger partial charge in [0.2, 0.25) is 0 Å². The summed E-state index contributed by atoms with van der Waals surface area (Å²) in [5.41, 5.74) is 0.129. The van der Waals surface area contributed by atoms with E-state index in [0.29, 0.717) is 12.1 Å². The van der Waals surface area contributed by atoms with Gasteiger partial charge in [0.25, 0.3) is 0 Å². The Labute approximate surface area is 199 Å². The zero-order valence-corrected chi connectivity index (χ0v) is 21.6. The topological polar surface area (TPSA) is 76.4 Å². The number of nitrogens with zero attached hydrogens (tertiary/aromatic N) is 4. The van der Waals surface area contributed by atoms with E-state index < -0.39 is 0 Å². The van der Waals surface area contributed by atoms with Gasteiger partial charge >= 0.3 is 0 Å². The third kappa shape index (κ3) is 6.31. The van der Waals surface area contributed by atoms with Crippen molar-refractivity contribution >= 4 is 29.9 Å². The molecule has 30 heavy (non-hydrogen) atoms. The molecule has 2 N–H and O–H groups in total. The first-order valence-corrected chi connectivity index (χ1v) is 11.6. The molecule has 2 aliphatic rings.